The van der Waals surface area contributed by atoms with Gasteiger partial charge in [0.25, 0.3) is 0 Å². The zero-order chi connectivity index (χ0) is 30.4. The summed E-state index contributed by atoms with van der Waals surface area (Å²) in [7, 11) is -4.22. The largest absolute Gasteiger partial charge is 0.491 e. The summed E-state index contributed by atoms with van der Waals surface area (Å²) in [6, 6.07) is 7.69. The number of Topliss-reactive ketones (excluding diaryl/α,β-unsaturated/α-hetero) is 1. The van der Waals surface area contributed by atoms with Gasteiger partial charge in [-0.2, -0.15) is 13.2 Å². The Balaban J connectivity index is 2.39. The quantitative estimate of drug-likeness (QED) is 0.158. The van der Waals surface area contributed by atoms with Crippen molar-refractivity contribution in [3.05, 3.63) is 54.6 Å². The molecule has 1 aliphatic rings. The van der Waals surface area contributed by atoms with Crippen LogP contribution in [0.1, 0.15) is 59.9 Å². The Bertz CT molecular complexity index is 1000. The van der Waals surface area contributed by atoms with Crippen LogP contribution in [-0.2, 0) is 19.8 Å². The van der Waals surface area contributed by atoms with E-state index in [0.29, 0.717) is 12.8 Å². The van der Waals surface area contributed by atoms with Crippen molar-refractivity contribution < 1.29 is 31.6 Å². The smallest absolute Gasteiger partial charge is 0.416 e. The van der Waals surface area contributed by atoms with Crippen molar-refractivity contribution in [2.24, 2.45) is 11.8 Å². The fraction of sp³-hybridized carbons (Fsp3) is 0.645. The molecule has 0 saturated heterocycles. The van der Waals surface area contributed by atoms with Gasteiger partial charge < -0.3 is 13.6 Å². The second-order valence-corrected chi connectivity index (χ2v) is 21.9. The van der Waals surface area contributed by atoms with Crippen LogP contribution in [0.5, 0.6) is 5.75 Å². The lowest BCUT2D eigenvalue weighted by atomic mass is 9.90. The molecule has 1 fully saturated rings. The van der Waals surface area contributed by atoms with Crippen LogP contribution in [-0.4, -0.2) is 41.2 Å². The molecule has 0 amide bonds. The van der Waals surface area contributed by atoms with E-state index in [9.17, 15) is 18.0 Å². The second-order valence-electron chi connectivity index (χ2n) is 12.4. The van der Waals surface area contributed by atoms with Crippen LogP contribution in [0, 0.1) is 11.8 Å². The molecule has 0 spiro atoms. The van der Waals surface area contributed by atoms with Crippen LogP contribution in [0.2, 0.25) is 36.3 Å². The van der Waals surface area contributed by atoms with Gasteiger partial charge in [0.2, 0.25) is 0 Å². The molecule has 0 aromatic heterocycles. The van der Waals surface area contributed by atoms with Gasteiger partial charge in [-0.05, 0) is 60.9 Å². The second kappa shape index (κ2) is 14.0. The summed E-state index contributed by atoms with van der Waals surface area (Å²) in [4.78, 5) is 13.1. The molecule has 1 aliphatic carbocycles. The van der Waals surface area contributed by atoms with E-state index in [2.05, 4.69) is 61.2 Å². The molecule has 1 aromatic carbocycles. The predicted octanol–water partition coefficient (Wildman–Crippen LogP) is 9.20. The van der Waals surface area contributed by atoms with Gasteiger partial charge in [-0.1, -0.05) is 65.8 Å². The Morgan fingerprint density at radius 2 is 1.73 bits per heavy atom. The average molecular weight is 599 g/mol. The fourth-order valence-electron chi connectivity index (χ4n) is 5.00. The first-order chi connectivity index (χ1) is 18.5. The Morgan fingerprint density at radius 3 is 2.25 bits per heavy atom. The van der Waals surface area contributed by atoms with E-state index in [1.165, 1.54) is 12.1 Å². The summed E-state index contributed by atoms with van der Waals surface area (Å²) in [5.74, 6) is -0.0389. The average Bonchev–Trinajstić information content (AvgIpc) is 3.16. The Labute approximate surface area is 241 Å². The minimum absolute atomic E-state index is 0.000145. The third-order valence-electron chi connectivity index (χ3n) is 8.84. The van der Waals surface area contributed by atoms with Gasteiger partial charge >= 0.3 is 6.18 Å². The zero-order valence-corrected chi connectivity index (χ0v) is 27.6. The maximum atomic E-state index is 13.2. The number of hydrogen-bond acceptors (Lipinski definition) is 4. The highest BCUT2D eigenvalue weighted by Crippen LogP contribution is 2.43. The summed E-state index contributed by atoms with van der Waals surface area (Å²) in [5, 5.41) is -0.000145. The molecule has 40 heavy (non-hydrogen) atoms. The third kappa shape index (κ3) is 8.90. The minimum atomic E-state index is -4.45. The number of carbonyl (C=O) groups excluding carboxylic acids is 1. The molecule has 1 aromatic rings. The van der Waals surface area contributed by atoms with Gasteiger partial charge in [-0.3, -0.25) is 4.79 Å². The molecule has 2 rings (SSSR count). The standard InChI is InChI=1S/C31H49F3O4Si2/c1-10-15-26-27(29(21-28(26)35)38-39(8,9)30(5,6)7)19-18-25(37-40(11-2,12-3)13-4)22-36-24-17-14-16-23(20-24)31(32,33)34/h10,14,16-20,25-27,29H,1,11-13,15,21-22H2,2-9H3/b19-18+/t25-,26-,27-,29?/m1/s1. The monoisotopic (exact) mass is 598 g/mol. The lowest BCUT2D eigenvalue weighted by Gasteiger charge is -2.39. The topological polar surface area (TPSA) is 44.8 Å². The van der Waals surface area contributed by atoms with Crippen molar-refractivity contribution in [1.82, 2.24) is 0 Å². The number of benzene rings is 1. The highest BCUT2D eigenvalue weighted by molar-refractivity contribution is 6.74. The van der Waals surface area contributed by atoms with Crippen molar-refractivity contribution in [3.8, 4) is 5.75 Å². The first-order valence-electron chi connectivity index (χ1n) is 14.5. The molecule has 4 nitrogen and oxygen atoms in total. The summed E-state index contributed by atoms with van der Waals surface area (Å²) in [5.41, 5.74) is -0.750. The number of hydrogen-bond donors (Lipinski definition) is 0. The minimum Gasteiger partial charge on any atom is -0.491 e. The van der Waals surface area contributed by atoms with Gasteiger partial charge in [0, 0.05) is 18.3 Å². The first-order valence-corrected chi connectivity index (χ1v) is 19.9. The Kier molecular flexibility index (Phi) is 12.1. The molecular weight excluding hydrogens is 550 g/mol. The molecule has 1 saturated carbocycles. The maximum Gasteiger partial charge on any atom is 0.416 e. The molecule has 9 heteroatoms. The van der Waals surface area contributed by atoms with Crippen molar-refractivity contribution in [2.45, 2.75) is 109 Å². The van der Waals surface area contributed by atoms with Gasteiger partial charge in [0.1, 0.15) is 18.1 Å². The Morgan fingerprint density at radius 1 is 1.10 bits per heavy atom. The lowest BCUT2D eigenvalue weighted by molar-refractivity contribution is -0.137. The molecule has 0 radical (unpaired) electrons. The summed E-state index contributed by atoms with van der Waals surface area (Å²) in [6.07, 6.45) is 1.57. The van der Waals surface area contributed by atoms with Gasteiger partial charge in [0.15, 0.2) is 16.6 Å². The highest BCUT2D eigenvalue weighted by atomic mass is 28.4. The summed E-state index contributed by atoms with van der Waals surface area (Å²) >= 11 is 0. The Hall–Kier alpha value is -1.69. The number of carbonyl (C=O) groups is 1. The van der Waals surface area contributed by atoms with Gasteiger partial charge in [0.05, 0.1) is 17.8 Å². The number of ketones is 1. The van der Waals surface area contributed by atoms with Crippen molar-refractivity contribution in [1.29, 1.82) is 0 Å². The molecular formula is C31H49F3O4Si2. The van der Waals surface area contributed by atoms with E-state index in [4.69, 9.17) is 13.6 Å². The number of ether oxygens (including phenoxy) is 1. The van der Waals surface area contributed by atoms with Crippen LogP contribution in [0.25, 0.3) is 0 Å². The van der Waals surface area contributed by atoms with Crippen molar-refractivity contribution in [3.63, 3.8) is 0 Å². The summed E-state index contributed by atoms with van der Waals surface area (Å²) in [6.45, 7) is 21.3. The maximum absolute atomic E-state index is 13.2. The van der Waals surface area contributed by atoms with Gasteiger partial charge in [-0.25, -0.2) is 0 Å². The van der Waals surface area contributed by atoms with Crippen LogP contribution in [0.3, 0.4) is 0 Å². The fourth-order valence-corrected chi connectivity index (χ4v) is 9.14. The molecule has 0 heterocycles. The van der Waals surface area contributed by atoms with E-state index < -0.39 is 34.5 Å². The molecule has 0 N–H and O–H groups in total. The van der Waals surface area contributed by atoms with E-state index >= 15 is 0 Å². The molecule has 0 aliphatic heterocycles. The van der Waals surface area contributed by atoms with Crippen LogP contribution in [0.4, 0.5) is 13.2 Å². The van der Waals surface area contributed by atoms with E-state index in [0.717, 1.165) is 30.3 Å². The van der Waals surface area contributed by atoms with Crippen molar-refractivity contribution >= 4 is 22.4 Å². The number of alkyl halides is 3. The zero-order valence-electron chi connectivity index (χ0n) is 25.6. The van der Waals surface area contributed by atoms with E-state index in [-0.39, 0.29) is 41.1 Å². The number of halogens is 3. The molecule has 1 unspecified atom stereocenters. The summed E-state index contributed by atoms with van der Waals surface area (Å²) < 4.78 is 59.1. The van der Waals surface area contributed by atoms with E-state index in [1.54, 1.807) is 6.08 Å². The van der Waals surface area contributed by atoms with Crippen LogP contribution in [0.15, 0.2) is 49.1 Å². The number of rotatable bonds is 14. The van der Waals surface area contributed by atoms with E-state index in [1.807, 2.05) is 12.2 Å². The lowest BCUT2D eigenvalue weighted by Crippen LogP contribution is -2.45. The van der Waals surface area contributed by atoms with Crippen LogP contribution < -0.4 is 4.74 Å². The number of allylic oxidation sites excluding steroid dienone is 1. The van der Waals surface area contributed by atoms with Crippen LogP contribution >= 0.6 is 0 Å². The molecule has 226 valence electrons. The normalized spacial score (nSPS) is 21.7. The van der Waals surface area contributed by atoms with Gasteiger partial charge in [-0.15, -0.1) is 6.58 Å². The molecule has 4 atom stereocenters. The van der Waals surface area contributed by atoms with Crippen molar-refractivity contribution in [2.75, 3.05) is 6.61 Å². The third-order valence-corrected chi connectivity index (χ3v) is 18.0. The predicted molar refractivity (Wildman–Crippen MR) is 162 cm³/mol. The SMILES string of the molecule is C=CC[C@H]1C(=O)CC(O[Si](C)(C)C(C)(C)C)[C@@H]1/C=C/[C@H](COc1cccc(C(F)(F)F)c1)O[Si](CC)(CC)CC. The first kappa shape index (κ1) is 34.5. The molecule has 0 bridgehead atoms. The highest BCUT2D eigenvalue weighted by Gasteiger charge is 2.47.